The molecule has 0 spiro atoms. The van der Waals surface area contributed by atoms with Crippen LogP contribution < -0.4 is 16.8 Å². The highest BCUT2D eigenvalue weighted by molar-refractivity contribution is 6.29. The first-order valence-corrected chi connectivity index (χ1v) is 8.34. The SMILES string of the molecule is CC(C)(C)OC(=O)N1CC2CC(N/C(N)=C/C=C(\N)Cl)CC2C1. The summed E-state index contributed by atoms with van der Waals surface area (Å²) in [6, 6.07) is 0.326. The van der Waals surface area contributed by atoms with Crippen LogP contribution in [0.4, 0.5) is 4.79 Å². The van der Waals surface area contributed by atoms with E-state index in [9.17, 15) is 4.79 Å². The fraction of sp³-hybridized carbons (Fsp3) is 0.688. The molecule has 130 valence electrons. The van der Waals surface area contributed by atoms with Gasteiger partial charge in [0.15, 0.2) is 0 Å². The number of rotatable bonds is 3. The number of ether oxygens (including phenoxy) is 1. The predicted octanol–water partition coefficient (Wildman–Crippen LogP) is 2.06. The van der Waals surface area contributed by atoms with Gasteiger partial charge in [0.2, 0.25) is 0 Å². The Morgan fingerprint density at radius 1 is 1.22 bits per heavy atom. The molecule has 1 amide bonds. The van der Waals surface area contributed by atoms with Gasteiger partial charge in [0.1, 0.15) is 5.60 Å². The van der Waals surface area contributed by atoms with E-state index in [0.29, 0.717) is 23.7 Å². The van der Waals surface area contributed by atoms with Gasteiger partial charge < -0.3 is 26.4 Å². The van der Waals surface area contributed by atoms with E-state index in [1.165, 1.54) is 0 Å². The summed E-state index contributed by atoms with van der Waals surface area (Å²) in [7, 11) is 0. The lowest BCUT2D eigenvalue weighted by atomic mass is 10.0. The van der Waals surface area contributed by atoms with Gasteiger partial charge in [0.05, 0.1) is 11.0 Å². The third kappa shape index (κ3) is 5.23. The minimum Gasteiger partial charge on any atom is -0.444 e. The van der Waals surface area contributed by atoms with E-state index in [4.69, 9.17) is 27.8 Å². The lowest BCUT2D eigenvalue weighted by Gasteiger charge is -2.25. The van der Waals surface area contributed by atoms with Crippen molar-refractivity contribution in [3.63, 3.8) is 0 Å². The predicted molar refractivity (Wildman–Crippen MR) is 91.3 cm³/mol. The molecule has 2 fully saturated rings. The number of carbonyl (C=O) groups is 1. The van der Waals surface area contributed by atoms with E-state index < -0.39 is 5.60 Å². The molecule has 2 atom stereocenters. The van der Waals surface area contributed by atoms with Crippen molar-refractivity contribution < 1.29 is 9.53 Å². The molecule has 2 rings (SSSR count). The summed E-state index contributed by atoms with van der Waals surface area (Å²) in [6.45, 7) is 7.18. The zero-order valence-corrected chi connectivity index (χ0v) is 14.8. The molecule has 0 bridgehead atoms. The van der Waals surface area contributed by atoms with Crippen LogP contribution in [0.5, 0.6) is 0 Å². The van der Waals surface area contributed by atoms with E-state index in [-0.39, 0.29) is 11.2 Å². The standard InChI is InChI=1S/C16H27ClN4O2/c1-16(2,3)23-15(22)21-8-10-6-12(7-11(10)9-21)20-14(19)5-4-13(17)18/h4-5,10-12,20H,6-9,18-19H2,1-3H3/b13-4-,14-5+. The molecule has 5 N–H and O–H groups in total. The number of hydrogen-bond donors (Lipinski definition) is 3. The Morgan fingerprint density at radius 3 is 2.26 bits per heavy atom. The van der Waals surface area contributed by atoms with Crippen molar-refractivity contribution in [1.82, 2.24) is 10.2 Å². The number of likely N-dealkylation sites (tertiary alicyclic amines) is 1. The van der Waals surface area contributed by atoms with Crippen molar-refractivity contribution in [3.8, 4) is 0 Å². The normalized spacial score (nSPS) is 28.7. The van der Waals surface area contributed by atoms with Crippen LogP contribution in [0.2, 0.25) is 0 Å². The third-order valence-electron chi connectivity index (χ3n) is 4.20. The maximum absolute atomic E-state index is 12.1. The Bertz CT molecular complexity index is 495. The van der Waals surface area contributed by atoms with E-state index >= 15 is 0 Å². The number of hydrogen-bond acceptors (Lipinski definition) is 5. The van der Waals surface area contributed by atoms with Crippen LogP contribution in [0, 0.1) is 11.8 Å². The maximum Gasteiger partial charge on any atom is 0.410 e. The highest BCUT2D eigenvalue weighted by atomic mass is 35.5. The largest absolute Gasteiger partial charge is 0.444 e. The molecule has 1 aliphatic carbocycles. The van der Waals surface area contributed by atoms with Crippen LogP contribution in [0.3, 0.4) is 0 Å². The maximum atomic E-state index is 12.1. The van der Waals surface area contributed by atoms with Crippen molar-refractivity contribution in [2.45, 2.75) is 45.3 Å². The van der Waals surface area contributed by atoms with Crippen molar-refractivity contribution in [1.29, 1.82) is 0 Å². The zero-order valence-electron chi connectivity index (χ0n) is 14.0. The van der Waals surface area contributed by atoms with Crippen molar-refractivity contribution in [2.24, 2.45) is 23.3 Å². The molecule has 1 saturated heterocycles. The van der Waals surface area contributed by atoms with Crippen LogP contribution in [-0.2, 0) is 4.74 Å². The number of fused-ring (bicyclic) bond motifs is 1. The molecule has 1 heterocycles. The van der Waals surface area contributed by atoms with E-state index in [0.717, 1.165) is 25.9 Å². The number of nitrogens with one attached hydrogen (secondary N) is 1. The van der Waals surface area contributed by atoms with Gasteiger partial charge in [-0.2, -0.15) is 0 Å². The van der Waals surface area contributed by atoms with Gasteiger partial charge in [-0.05, 0) is 57.6 Å². The van der Waals surface area contributed by atoms with E-state index in [1.807, 2.05) is 25.7 Å². The number of nitrogens with two attached hydrogens (primary N) is 2. The van der Waals surface area contributed by atoms with Crippen molar-refractivity contribution in [3.05, 3.63) is 23.1 Å². The van der Waals surface area contributed by atoms with Crippen LogP contribution >= 0.6 is 11.6 Å². The summed E-state index contributed by atoms with van der Waals surface area (Å²) in [5, 5.41) is 3.49. The van der Waals surface area contributed by atoms with Gasteiger partial charge >= 0.3 is 6.09 Å². The molecule has 0 aromatic carbocycles. The van der Waals surface area contributed by atoms with Gasteiger partial charge in [-0.15, -0.1) is 0 Å². The van der Waals surface area contributed by atoms with Crippen LogP contribution in [0.1, 0.15) is 33.6 Å². The molecule has 7 heteroatoms. The summed E-state index contributed by atoms with van der Waals surface area (Å²) in [4.78, 5) is 14.0. The average molecular weight is 343 g/mol. The van der Waals surface area contributed by atoms with Gasteiger partial charge in [0.25, 0.3) is 0 Å². The Kier molecular flexibility index (Phi) is 5.34. The van der Waals surface area contributed by atoms with E-state index in [2.05, 4.69) is 5.32 Å². The second kappa shape index (κ2) is 6.91. The Hall–Kier alpha value is -1.56. The molecule has 2 unspecified atom stereocenters. The molecule has 6 nitrogen and oxygen atoms in total. The minimum absolute atomic E-state index is 0.200. The fourth-order valence-electron chi connectivity index (χ4n) is 3.35. The monoisotopic (exact) mass is 342 g/mol. The van der Waals surface area contributed by atoms with Gasteiger partial charge in [0, 0.05) is 19.1 Å². The number of halogens is 1. The molecule has 0 aromatic heterocycles. The third-order valence-corrected chi connectivity index (χ3v) is 4.32. The summed E-state index contributed by atoms with van der Waals surface area (Å²) >= 11 is 5.57. The smallest absolute Gasteiger partial charge is 0.410 e. The van der Waals surface area contributed by atoms with Crippen LogP contribution in [-0.4, -0.2) is 35.7 Å². The summed E-state index contributed by atoms with van der Waals surface area (Å²) in [5.74, 6) is 1.56. The lowest BCUT2D eigenvalue weighted by molar-refractivity contribution is 0.0279. The second-order valence-electron chi connectivity index (χ2n) is 7.39. The number of nitrogens with zero attached hydrogens (tertiary/aromatic N) is 1. The van der Waals surface area contributed by atoms with Gasteiger partial charge in [-0.25, -0.2) is 4.79 Å². The molecule has 1 saturated carbocycles. The Labute approximate surface area is 142 Å². The first-order valence-electron chi connectivity index (χ1n) is 7.97. The molecule has 0 radical (unpaired) electrons. The zero-order chi connectivity index (χ0) is 17.2. The first-order chi connectivity index (χ1) is 10.6. The Morgan fingerprint density at radius 2 is 1.78 bits per heavy atom. The van der Waals surface area contributed by atoms with Gasteiger partial charge in [-0.1, -0.05) is 11.6 Å². The number of allylic oxidation sites excluding steroid dienone is 2. The average Bonchev–Trinajstić information content (AvgIpc) is 2.92. The molecule has 2 aliphatic rings. The molecule has 1 aliphatic heterocycles. The first kappa shape index (κ1) is 17.8. The molecular weight excluding hydrogens is 316 g/mol. The quantitative estimate of drug-likeness (QED) is 0.539. The minimum atomic E-state index is -0.449. The molecule has 23 heavy (non-hydrogen) atoms. The molecular formula is C16H27ClN4O2. The lowest BCUT2D eigenvalue weighted by Crippen LogP contribution is -2.37. The van der Waals surface area contributed by atoms with Crippen LogP contribution in [0.15, 0.2) is 23.1 Å². The number of amides is 1. The summed E-state index contributed by atoms with van der Waals surface area (Å²) < 4.78 is 5.44. The van der Waals surface area contributed by atoms with E-state index in [1.54, 1.807) is 12.2 Å². The van der Waals surface area contributed by atoms with Crippen molar-refractivity contribution in [2.75, 3.05) is 13.1 Å². The van der Waals surface area contributed by atoms with Crippen LogP contribution in [0.25, 0.3) is 0 Å². The highest BCUT2D eigenvalue weighted by Crippen LogP contribution is 2.38. The summed E-state index contributed by atoms with van der Waals surface area (Å²) in [5.41, 5.74) is 10.8. The fourth-order valence-corrected chi connectivity index (χ4v) is 3.41. The number of carbonyl (C=O) groups excluding carboxylic acids is 1. The summed E-state index contributed by atoms with van der Waals surface area (Å²) in [6.07, 6.45) is 5.02. The highest BCUT2D eigenvalue weighted by Gasteiger charge is 2.43. The molecule has 0 aromatic rings. The Balaban J connectivity index is 1.82. The van der Waals surface area contributed by atoms with Crippen molar-refractivity contribution >= 4 is 17.7 Å². The van der Waals surface area contributed by atoms with Gasteiger partial charge in [-0.3, -0.25) is 0 Å². The topological polar surface area (TPSA) is 93.6 Å². The second-order valence-corrected chi connectivity index (χ2v) is 7.83.